The second-order valence-corrected chi connectivity index (χ2v) is 5.32. The lowest BCUT2D eigenvalue weighted by Gasteiger charge is -2.32. The van der Waals surface area contributed by atoms with Gasteiger partial charge in [0, 0.05) is 19.3 Å². The molecule has 1 amide bonds. The van der Waals surface area contributed by atoms with Crippen LogP contribution >= 0.6 is 11.6 Å². The molecule has 1 aliphatic heterocycles. The van der Waals surface area contributed by atoms with Crippen LogP contribution in [0.2, 0.25) is 5.02 Å². The van der Waals surface area contributed by atoms with Crippen molar-refractivity contribution in [3.05, 3.63) is 17.2 Å². The zero-order chi connectivity index (χ0) is 15.5. The SMILES string of the molecule is COc1cc(OC)c(NC(=O)C2(N)CCOCC2)cc1Cl. The molecule has 3 N–H and O–H groups in total. The zero-order valence-corrected chi connectivity index (χ0v) is 12.8. The average molecular weight is 315 g/mol. The summed E-state index contributed by atoms with van der Waals surface area (Å²) in [5, 5.41) is 3.16. The van der Waals surface area contributed by atoms with Gasteiger partial charge in [-0.15, -0.1) is 0 Å². The normalized spacial score (nSPS) is 17.1. The highest BCUT2D eigenvalue weighted by molar-refractivity contribution is 6.32. The molecule has 0 unspecified atom stereocenters. The topological polar surface area (TPSA) is 82.8 Å². The fourth-order valence-electron chi connectivity index (χ4n) is 2.17. The molecule has 7 heteroatoms. The summed E-state index contributed by atoms with van der Waals surface area (Å²) in [4.78, 5) is 12.4. The smallest absolute Gasteiger partial charge is 0.244 e. The van der Waals surface area contributed by atoms with E-state index in [1.165, 1.54) is 14.2 Å². The molecule has 116 valence electrons. The van der Waals surface area contributed by atoms with Gasteiger partial charge in [0.2, 0.25) is 5.91 Å². The number of nitrogens with one attached hydrogen (secondary N) is 1. The van der Waals surface area contributed by atoms with E-state index in [9.17, 15) is 4.79 Å². The average Bonchev–Trinajstić information content (AvgIpc) is 2.48. The van der Waals surface area contributed by atoms with Crippen LogP contribution in [0.5, 0.6) is 11.5 Å². The van der Waals surface area contributed by atoms with Crippen LogP contribution in [0.25, 0.3) is 0 Å². The van der Waals surface area contributed by atoms with Crippen LogP contribution in [0.4, 0.5) is 5.69 Å². The fourth-order valence-corrected chi connectivity index (χ4v) is 2.41. The summed E-state index contributed by atoms with van der Waals surface area (Å²) in [5.41, 5.74) is 5.67. The highest BCUT2D eigenvalue weighted by Gasteiger charge is 2.36. The molecule has 21 heavy (non-hydrogen) atoms. The summed E-state index contributed by atoms with van der Waals surface area (Å²) in [6.07, 6.45) is 0.954. The Bertz CT molecular complexity index is 530. The van der Waals surface area contributed by atoms with E-state index in [0.29, 0.717) is 48.3 Å². The van der Waals surface area contributed by atoms with Crippen LogP contribution in [0.1, 0.15) is 12.8 Å². The van der Waals surface area contributed by atoms with Crippen LogP contribution in [0.15, 0.2) is 12.1 Å². The Kier molecular flexibility index (Phi) is 4.92. The maximum atomic E-state index is 12.4. The lowest BCUT2D eigenvalue weighted by Crippen LogP contribution is -2.54. The maximum absolute atomic E-state index is 12.4. The fraction of sp³-hybridized carbons (Fsp3) is 0.500. The lowest BCUT2D eigenvalue weighted by molar-refractivity contribution is -0.124. The van der Waals surface area contributed by atoms with Crippen LogP contribution in [-0.2, 0) is 9.53 Å². The van der Waals surface area contributed by atoms with Crippen molar-refractivity contribution in [3.8, 4) is 11.5 Å². The molecule has 1 heterocycles. The van der Waals surface area contributed by atoms with Crippen LogP contribution < -0.4 is 20.5 Å². The van der Waals surface area contributed by atoms with Crippen LogP contribution in [0.3, 0.4) is 0 Å². The van der Waals surface area contributed by atoms with E-state index in [0.717, 1.165) is 0 Å². The number of rotatable bonds is 4. The predicted octanol–water partition coefficient (Wildman–Crippen LogP) is 1.80. The van der Waals surface area contributed by atoms with Gasteiger partial charge in [-0.05, 0) is 18.9 Å². The third kappa shape index (κ3) is 3.40. The Hall–Kier alpha value is -1.50. The van der Waals surface area contributed by atoms with E-state index in [-0.39, 0.29) is 5.91 Å². The first-order valence-corrected chi connectivity index (χ1v) is 6.97. The van der Waals surface area contributed by atoms with Crippen molar-refractivity contribution in [3.63, 3.8) is 0 Å². The second kappa shape index (κ2) is 6.51. The van der Waals surface area contributed by atoms with Crippen LogP contribution in [0, 0.1) is 0 Å². The molecule has 0 spiro atoms. The van der Waals surface area contributed by atoms with Crippen molar-refractivity contribution < 1.29 is 19.0 Å². The van der Waals surface area contributed by atoms with Crippen molar-refractivity contribution in [2.45, 2.75) is 18.4 Å². The number of nitrogens with two attached hydrogens (primary N) is 1. The Labute approximate surface area is 128 Å². The van der Waals surface area contributed by atoms with E-state index >= 15 is 0 Å². The Morgan fingerprint density at radius 1 is 1.29 bits per heavy atom. The molecule has 0 atom stereocenters. The summed E-state index contributed by atoms with van der Waals surface area (Å²) in [6, 6.07) is 3.20. The van der Waals surface area contributed by atoms with Gasteiger partial charge in [0.05, 0.1) is 24.9 Å². The van der Waals surface area contributed by atoms with Crippen LogP contribution in [-0.4, -0.2) is 38.9 Å². The number of ether oxygens (including phenoxy) is 3. The highest BCUT2D eigenvalue weighted by Crippen LogP contribution is 2.36. The monoisotopic (exact) mass is 314 g/mol. The summed E-state index contributed by atoms with van der Waals surface area (Å²) < 4.78 is 15.6. The molecule has 1 aromatic rings. The molecule has 1 saturated heterocycles. The second-order valence-electron chi connectivity index (χ2n) is 4.91. The number of halogens is 1. The third-order valence-electron chi connectivity index (χ3n) is 3.56. The number of hydrogen-bond acceptors (Lipinski definition) is 5. The van der Waals surface area contributed by atoms with E-state index in [2.05, 4.69) is 5.32 Å². The zero-order valence-electron chi connectivity index (χ0n) is 12.1. The van der Waals surface area contributed by atoms with Gasteiger partial charge in [0.25, 0.3) is 0 Å². The largest absolute Gasteiger partial charge is 0.495 e. The van der Waals surface area contributed by atoms with Gasteiger partial charge in [-0.2, -0.15) is 0 Å². The number of hydrogen-bond donors (Lipinski definition) is 2. The summed E-state index contributed by atoms with van der Waals surface area (Å²) in [6.45, 7) is 0.953. The molecular formula is C14H19ClN2O4. The van der Waals surface area contributed by atoms with Gasteiger partial charge in [-0.25, -0.2) is 0 Å². The number of carbonyl (C=O) groups is 1. The molecule has 0 radical (unpaired) electrons. The molecule has 1 aliphatic rings. The molecule has 2 rings (SSSR count). The van der Waals surface area contributed by atoms with Crippen molar-refractivity contribution in [1.82, 2.24) is 0 Å². The minimum Gasteiger partial charge on any atom is -0.495 e. The third-order valence-corrected chi connectivity index (χ3v) is 3.85. The van der Waals surface area contributed by atoms with Crippen molar-refractivity contribution >= 4 is 23.2 Å². The van der Waals surface area contributed by atoms with E-state index in [4.69, 9.17) is 31.5 Å². The number of carbonyl (C=O) groups excluding carboxylic acids is 1. The molecule has 0 aliphatic carbocycles. The molecule has 0 saturated carbocycles. The number of amides is 1. The molecule has 0 aromatic heterocycles. The Balaban J connectivity index is 2.22. The van der Waals surface area contributed by atoms with Crippen molar-refractivity contribution in [2.75, 3.05) is 32.8 Å². The number of benzene rings is 1. The first-order chi connectivity index (χ1) is 10.00. The van der Waals surface area contributed by atoms with Gasteiger partial charge in [-0.3, -0.25) is 4.79 Å². The van der Waals surface area contributed by atoms with Crippen molar-refractivity contribution in [2.24, 2.45) is 5.73 Å². The van der Waals surface area contributed by atoms with E-state index in [1.807, 2.05) is 0 Å². The number of anilines is 1. The maximum Gasteiger partial charge on any atom is 0.244 e. The number of methoxy groups -OCH3 is 2. The standard InChI is InChI=1S/C14H19ClN2O4/c1-19-11-8-12(20-2)10(7-9(11)15)17-13(18)14(16)3-5-21-6-4-14/h7-8H,3-6,16H2,1-2H3,(H,17,18). The molecule has 1 fully saturated rings. The van der Waals surface area contributed by atoms with Crippen molar-refractivity contribution in [1.29, 1.82) is 0 Å². The summed E-state index contributed by atoms with van der Waals surface area (Å²) in [7, 11) is 3.01. The van der Waals surface area contributed by atoms with Gasteiger partial charge >= 0.3 is 0 Å². The van der Waals surface area contributed by atoms with Gasteiger partial charge < -0.3 is 25.3 Å². The lowest BCUT2D eigenvalue weighted by atomic mass is 9.90. The minimum atomic E-state index is -0.935. The first-order valence-electron chi connectivity index (χ1n) is 6.60. The Morgan fingerprint density at radius 3 is 2.48 bits per heavy atom. The highest BCUT2D eigenvalue weighted by atomic mass is 35.5. The first kappa shape index (κ1) is 15.9. The molecule has 6 nitrogen and oxygen atoms in total. The molecule has 0 bridgehead atoms. The quantitative estimate of drug-likeness (QED) is 0.885. The summed E-state index contributed by atoms with van der Waals surface area (Å²) in [5.74, 6) is 0.658. The molecule has 1 aromatic carbocycles. The van der Waals surface area contributed by atoms with E-state index < -0.39 is 5.54 Å². The Morgan fingerprint density at radius 2 is 1.90 bits per heavy atom. The van der Waals surface area contributed by atoms with Gasteiger partial charge in [0.1, 0.15) is 17.0 Å². The van der Waals surface area contributed by atoms with Gasteiger partial charge in [-0.1, -0.05) is 11.6 Å². The van der Waals surface area contributed by atoms with Gasteiger partial charge in [0.15, 0.2) is 0 Å². The van der Waals surface area contributed by atoms with E-state index in [1.54, 1.807) is 12.1 Å². The molecular weight excluding hydrogens is 296 g/mol. The predicted molar refractivity (Wildman–Crippen MR) is 80.2 cm³/mol. The summed E-state index contributed by atoms with van der Waals surface area (Å²) >= 11 is 6.08. The minimum absolute atomic E-state index is 0.273.